The molecule has 106 valence electrons. The maximum absolute atomic E-state index is 13.7. The number of rotatable bonds is 4. The first-order valence-corrected chi connectivity index (χ1v) is 6.47. The molecule has 2 aromatic carbocycles. The minimum atomic E-state index is -0.454. The zero-order valence-electron chi connectivity index (χ0n) is 10.9. The number of halogens is 3. The van der Waals surface area contributed by atoms with E-state index >= 15 is 0 Å². The Morgan fingerprint density at radius 2 is 1.90 bits per heavy atom. The maximum Gasteiger partial charge on any atom is 0.131 e. The summed E-state index contributed by atoms with van der Waals surface area (Å²) in [6.45, 7) is 1.70. The van der Waals surface area contributed by atoms with Gasteiger partial charge in [-0.05, 0) is 25.1 Å². The lowest BCUT2D eigenvalue weighted by molar-refractivity contribution is 0.298. The fraction of sp³-hybridized carbons (Fsp3) is 0.200. The van der Waals surface area contributed by atoms with Gasteiger partial charge in [-0.1, -0.05) is 23.7 Å². The molecule has 5 heteroatoms. The van der Waals surface area contributed by atoms with Gasteiger partial charge in [-0.2, -0.15) is 0 Å². The van der Waals surface area contributed by atoms with Gasteiger partial charge in [0.05, 0.1) is 0 Å². The molecule has 0 aliphatic rings. The van der Waals surface area contributed by atoms with Crippen molar-refractivity contribution in [3.05, 3.63) is 64.2 Å². The summed E-state index contributed by atoms with van der Waals surface area (Å²) in [5, 5.41) is 0.318. The highest BCUT2D eigenvalue weighted by Crippen LogP contribution is 2.22. The molecule has 0 spiro atoms. The van der Waals surface area contributed by atoms with Crippen LogP contribution in [-0.2, 0) is 6.61 Å². The molecular formula is C15H14ClF2NO. The van der Waals surface area contributed by atoms with E-state index < -0.39 is 17.7 Å². The highest BCUT2D eigenvalue weighted by molar-refractivity contribution is 6.30. The summed E-state index contributed by atoms with van der Waals surface area (Å²) in [5.74, 6) is -0.569. The van der Waals surface area contributed by atoms with E-state index in [9.17, 15) is 8.78 Å². The van der Waals surface area contributed by atoms with Gasteiger partial charge in [-0.15, -0.1) is 0 Å². The Kier molecular flexibility index (Phi) is 4.57. The number of hydrogen-bond acceptors (Lipinski definition) is 2. The monoisotopic (exact) mass is 297 g/mol. The molecule has 0 amide bonds. The molecule has 0 saturated heterocycles. The van der Waals surface area contributed by atoms with Crippen molar-refractivity contribution in [2.24, 2.45) is 5.73 Å². The van der Waals surface area contributed by atoms with Crippen LogP contribution in [0.15, 0.2) is 36.4 Å². The molecule has 0 fully saturated rings. The van der Waals surface area contributed by atoms with Crippen molar-refractivity contribution in [2.75, 3.05) is 0 Å². The van der Waals surface area contributed by atoms with Gasteiger partial charge in [0, 0.05) is 28.3 Å². The molecule has 0 aromatic heterocycles. The molecule has 0 saturated carbocycles. The molecule has 0 aliphatic carbocycles. The maximum atomic E-state index is 13.7. The van der Waals surface area contributed by atoms with E-state index in [-0.39, 0.29) is 6.61 Å². The van der Waals surface area contributed by atoms with Crippen LogP contribution in [0.3, 0.4) is 0 Å². The highest BCUT2D eigenvalue weighted by atomic mass is 35.5. The minimum absolute atomic E-state index is 0.0000323. The second kappa shape index (κ2) is 6.20. The molecule has 1 unspecified atom stereocenters. The van der Waals surface area contributed by atoms with Crippen LogP contribution in [0.4, 0.5) is 8.78 Å². The van der Waals surface area contributed by atoms with Crippen molar-refractivity contribution in [2.45, 2.75) is 19.6 Å². The van der Waals surface area contributed by atoms with Crippen LogP contribution in [0.1, 0.15) is 24.1 Å². The zero-order valence-corrected chi connectivity index (χ0v) is 11.6. The number of benzene rings is 2. The molecule has 2 N–H and O–H groups in total. The lowest BCUT2D eigenvalue weighted by Crippen LogP contribution is -2.07. The molecule has 20 heavy (non-hydrogen) atoms. The van der Waals surface area contributed by atoms with Crippen molar-refractivity contribution in [1.82, 2.24) is 0 Å². The van der Waals surface area contributed by atoms with Crippen LogP contribution in [0.5, 0.6) is 5.75 Å². The Balaban J connectivity index is 2.09. The Labute approximate surface area is 121 Å². The van der Waals surface area contributed by atoms with Crippen LogP contribution in [0, 0.1) is 11.6 Å². The standard InChI is InChI=1S/C15H14ClF2NO/c1-9(19)13-5-4-12(7-15(13)18)20-8-10-2-3-11(16)6-14(10)17/h2-7,9H,8,19H2,1H3. The van der Waals surface area contributed by atoms with Crippen molar-refractivity contribution < 1.29 is 13.5 Å². The summed E-state index contributed by atoms with van der Waals surface area (Å²) in [6.07, 6.45) is 0. The Morgan fingerprint density at radius 3 is 2.50 bits per heavy atom. The van der Waals surface area contributed by atoms with Crippen molar-refractivity contribution in [1.29, 1.82) is 0 Å². The van der Waals surface area contributed by atoms with Crippen LogP contribution >= 0.6 is 11.6 Å². The van der Waals surface area contributed by atoms with Gasteiger partial charge in [-0.3, -0.25) is 0 Å². The first-order chi connectivity index (χ1) is 9.47. The topological polar surface area (TPSA) is 35.2 Å². The normalized spacial score (nSPS) is 12.2. The van der Waals surface area contributed by atoms with Crippen molar-refractivity contribution >= 4 is 11.6 Å². The van der Waals surface area contributed by atoms with Gasteiger partial charge >= 0.3 is 0 Å². The van der Waals surface area contributed by atoms with E-state index in [1.54, 1.807) is 25.1 Å². The van der Waals surface area contributed by atoms with E-state index in [2.05, 4.69) is 0 Å². The Hall–Kier alpha value is -1.65. The number of hydrogen-bond donors (Lipinski definition) is 1. The predicted molar refractivity (Wildman–Crippen MR) is 74.7 cm³/mol. The summed E-state index contributed by atoms with van der Waals surface area (Å²) in [5.41, 5.74) is 6.39. The van der Waals surface area contributed by atoms with E-state index in [0.717, 1.165) is 0 Å². The minimum Gasteiger partial charge on any atom is -0.489 e. The second-order valence-corrected chi connectivity index (χ2v) is 4.93. The van der Waals surface area contributed by atoms with Crippen molar-refractivity contribution in [3.63, 3.8) is 0 Å². The third kappa shape index (κ3) is 3.46. The van der Waals surface area contributed by atoms with Crippen LogP contribution in [0.2, 0.25) is 5.02 Å². The SMILES string of the molecule is CC(N)c1ccc(OCc2ccc(Cl)cc2F)cc1F. The molecule has 2 nitrogen and oxygen atoms in total. The van der Waals surface area contributed by atoms with Gasteiger partial charge in [0.1, 0.15) is 24.0 Å². The molecule has 0 radical (unpaired) electrons. The molecule has 0 aliphatic heterocycles. The summed E-state index contributed by atoms with van der Waals surface area (Å²) in [4.78, 5) is 0. The summed E-state index contributed by atoms with van der Waals surface area (Å²) >= 11 is 5.66. The first kappa shape index (κ1) is 14.8. The Bertz CT molecular complexity index is 617. The van der Waals surface area contributed by atoms with Crippen LogP contribution in [0.25, 0.3) is 0 Å². The average molecular weight is 298 g/mol. The van der Waals surface area contributed by atoms with E-state index in [1.807, 2.05) is 0 Å². The Morgan fingerprint density at radius 1 is 1.15 bits per heavy atom. The van der Waals surface area contributed by atoms with Crippen molar-refractivity contribution in [3.8, 4) is 5.75 Å². The molecule has 0 heterocycles. The van der Waals surface area contributed by atoms with Gasteiger partial charge in [0.15, 0.2) is 0 Å². The van der Waals surface area contributed by atoms with Crippen LogP contribution < -0.4 is 10.5 Å². The van der Waals surface area contributed by atoms with Gasteiger partial charge in [0.2, 0.25) is 0 Å². The second-order valence-electron chi connectivity index (χ2n) is 4.50. The fourth-order valence-corrected chi connectivity index (χ4v) is 1.93. The fourth-order valence-electron chi connectivity index (χ4n) is 1.77. The quantitative estimate of drug-likeness (QED) is 0.917. The lowest BCUT2D eigenvalue weighted by Gasteiger charge is -2.11. The average Bonchev–Trinajstić information content (AvgIpc) is 2.37. The molecular weight excluding hydrogens is 284 g/mol. The third-order valence-electron chi connectivity index (χ3n) is 2.87. The summed E-state index contributed by atoms with van der Waals surface area (Å²) < 4.78 is 32.6. The largest absolute Gasteiger partial charge is 0.489 e. The first-order valence-electron chi connectivity index (χ1n) is 6.09. The summed E-state index contributed by atoms with van der Waals surface area (Å²) in [7, 11) is 0. The summed E-state index contributed by atoms with van der Waals surface area (Å²) in [6, 6.07) is 8.33. The van der Waals surface area contributed by atoms with Gasteiger partial charge < -0.3 is 10.5 Å². The van der Waals surface area contributed by atoms with Gasteiger partial charge in [-0.25, -0.2) is 8.78 Å². The smallest absolute Gasteiger partial charge is 0.131 e. The third-order valence-corrected chi connectivity index (χ3v) is 3.11. The van der Waals surface area contributed by atoms with E-state index in [1.165, 1.54) is 18.2 Å². The molecule has 2 aromatic rings. The zero-order chi connectivity index (χ0) is 14.7. The number of ether oxygens (including phenoxy) is 1. The number of nitrogens with two attached hydrogens (primary N) is 1. The molecule has 2 rings (SSSR count). The predicted octanol–water partition coefficient (Wildman–Crippen LogP) is 4.22. The van der Waals surface area contributed by atoms with E-state index in [4.69, 9.17) is 22.1 Å². The molecule has 1 atom stereocenters. The highest BCUT2D eigenvalue weighted by Gasteiger charge is 2.09. The van der Waals surface area contributed by atoms with Crippen LogP contribution in [-0.4, -0.2) is 0 Å². The van der Waals surface area contributed by atoms with Gasteiger partial charge in [0.25, 0.3) is 0 Å². The molecule has 0 bridgehead atoms. The lowest BCUT2D eigenvalue weighted by atomic mass is 10.1. The van der Waals surface area contributed by atoms with E-state index in [0.29, 0.717) is 21.9 Å².